The van der Waals surface area contributed by atoms with Crippen LogP contribution in [0.15, 0.2) is 29.3 Å². The van der Waals surface area contributed by atoms with E-state index in [1.807, 2.05) is 24.3 Å². The fraction of sp³-hybridized carbons (Fsp3) is 0.462. The van der Waals surface area contributed by atoms with Crippen molar-refractivity contribution in [3.8, 4) is 5.75 Å². The molecule has 0 aromatic heterocycles. The Morgan fingerprint density at radius 2 is 1.89 bits per heavy atom. The minimum Gasteiger partial charge on any atom is -0.497 e. The lowest BCUT2D eigenvalue weighted by Gasteiger charge is -2.11. The molecule has 0 bridgehead atoms. The van der Waals surface area contributed by atoms with Crippen LogP contribution in [-0.2, 0) is 11.3 Å². The molecular weight excluding hydrogens is 230 g/mol. The molecule has 1 aromatic rings. The maximum atomic E-state index is 5.11. The number of hydrogen-bond donors (Lipinski definition) is 2. The molecule has 0 aliphatic carbocycles. The lowest BCUT2D eigenvalue weighted by Crippen LogP contribution is -2.38. The number of methoxy groups -OCH3 is 2. The van der Waals surface area contributed by atoms with E-state index in [0.717, 1.165) is 24.8 Å². The van der Waals surface area contributed by atoms with Gasteiger partial charge in [0.15, 0.2) is 5.96 Å². The first-order valence-electron chi connectivity index (χ1n) is 5.86. The Hall–Kier alpha value is -1.75. The molecule has 0 saturated heterocycles. The summed E-state index contributed by atoms with van der Waals surface area (Å²) in [5.74, 6) is 1.63. The van der Waals surface area contributed by atoms with E-state index in [1.54, 1.807) is 21.3 Å². The molecule has 2 N–H and O–H groups in total. The zero-order chi connectivity index (χ0) is 13.2. The predicted molar refractivity (Wildman–Crippen MR) is 73.1 cm³/mol. The molecule has 5 heteroatoms. The minimum atomic E-state index is 0.656. The van der Waals surface area contributed by atoms with Crippen LogP contribution >= 0.6 is 0 Å². The number of rotatable bonds is 6. The van der Waals surface area contributed by atoms with Crippen LogP contribution in [0.1, 0.15) is 5.56 Å². The SMILES string of the molecule is CN=C(NCCOC)NCc1ccc(OC)cc1. The molecule has 1 rings (SSSR count). The molecule has 0 amide bonds. The van der Waals surface area contributed by atoms with Crippen LogP contribution in [0.5, 0.6) is 5.75 Å². The van der Waals surface area contributed by atoms with Gasteiger partial charge < -0.3 is 20.1 Å². The van der Waals surface area contributed by atoms with Crippen LogP contribution in [0.25, 0.3) is 0 Å². The van der Waals surface area contributed by atoms with Crippen molar-refractivity contribution in [1.82, 2.24) is 10.6 Å². The van der Waals surface area contributed by atoms with Gasteiger partial charge in [-0.25, -0.2) is 0 Å². The summed E-state index contributed by atoms with van der Waals surface area (Å²) in [4.78, 5) is 4.12. The van der Waals surface area contributed by atoms with Crippen LogP contribution in [0, 0.1) is 0 Å². The summed E-state index contributed by atoms with van der Waals surface area (Å²) in [6, 6.07) is 7.93. The summed E-state index contributed by atoms with van der Waals surface area (Å²) in [6.07, 6.45) is 0. The fourth-order valence-corrected chi connectivity index (χ4v) is 1.42. The second-order valence-corrected chi connectivity index (χ2v) is 3.69. The van der Waals surface area contributed by atoms with Crippen LogP contribution in [0.2, 0.25) is 0 Å². The number of hydrogen-bond acceptors (Lipinski definition) is 3. The van der Waals surface area contributed by atoms with Crippen molar-refractivity contribution >= 4 is 5.96 Å². The molecule has 0 atom stereocenters. The largest absolute Gasteiger partial charge is 0.497 e. The van der Waals surface area contributed by atoms with E-state index < -0.39 is 0 Å². The van der Waals surface area contributed by atoms with Crippen molar-refractivity contribution in [2.45, 2.75) is 6.54 Å². The summed E-state index contributed by atoms with van der Waals surface area (Å²) < 4.78 is 10.1. The Morgan fingerprint density at radius 1 is 1.17 bits per heavy atom. The number of nitrogens with zero attached hydrogens (tertiary/aromatic N) is 1. The molecule has 0 spiro atoms. The van der Waals surface area contributed by atoms with Gasteiger partial charge in [0.2, 0.25) is 0 Å². The second-order valence-electron chi connectivity index (χ2n) is 3.69. The summed E-state index contributed by atoms with van der Waals surface area (Å²) in [6.45, 7) is 2.11. The van der Waals surface area contributed by atoms with Gasteiger partial charge in [-0.05, 0) is 17.7 Å². The van der Waals surface area contributed by atoms with Gasteiger partial charge in [-0.3, -0.25) is 4.99 Å². The Kier molecular flexibility index (Phi) is 6.64. The Labute approximate surface area is 108 Å². The highest BCUT2D eigenvalue weighted by Crippen LogP contribution is 2.10. The Bertz CT molecular complexity index is 363. The Morgan fingerprint density at radius 3 is 2.44 bits per heavy atom. The predicted octanol–water partition coefficient (Wildman–Crippen LogP) is 1.01. The lowest BCUT2D eigenvalue weighted by atomic mass is 10.2. The minimum absolute atomic E-state index is 0.656. The normalized spacial score (nSPS) is 11.2. The molecule has 0 saturated carbocycles. The fourth-order valence-electron chi connectivity index (χ4n) is 1.42. The lowest BCUT2D eigenvalue weighted by molar-refractivity contribution is 0.203. The molecule has 0 radical (unpaired) electrons. The number of guanidine groups is 1. The van der Waals surface area contributed by atoms with E-state index >= 15 is 0 Å². The number of nitrogens with one attached hydrogen (secondary N) is 2. The quantitative estimate of drug-likeness (QED) is 0.450. The van der Waals surface area contributed by atoms with E-state index in [0.29, 0.717) is 6.61 Å². The molecule has 1 aromatic carbocycles. The van der Waals surface area contributed by atoms with Crippen molar-refractivity contribution in [3.63, 3.8) is 0 Å². The molecule has 0 fully saturated rings. The van der Waals surface area contributed by atoms with Gasteiger partial charge in [0.05, 0.1) is 13.7 Å². The highest BCUT2D eigenvalue weighted by Gasteiger charge is 1.98. The highest BCUT2D eigenvalue weighted by atomic mass is 16.5. The van der Waals surface area contributed by atoms with Crippen molar-refractivity contribution < 1.29 is 9.47 Å². The first kappa shape index (κ1) is 14.3. The monoisotopic (exact) mass is 251 g/mol. The Balaban J connectivity index is 2.37. The van der Waals surface area contributed by atoms with E-state index in [2.05, 4.69) is 15.6 Å². The molecule has 5 nitrogen and oxygen atoms in total. The third kappa shape index (κ3) is 5.05. The zero-order valence-electron chi connectivity index (χ0n) is 11.2. The van der Waals surface area contributed by atoms with Crippen molar-refractivity contribution in [3.05, 3.63) is 29.8 Å². The molecule has 0 heterocycles. The van der Waals surface area contributed by atoms with Crippen LogP contribution in [0.4, 0.5) is 0 Å². The maximum Gasteiger partial charge on any atom is 0.191 e. The van der Waals surface area contributed by atoms with Crippen molar-refractivity contribution in [1.29, 1.82) is 0 Å². The highest BCUT2D eigenvalue weighted by molar-refractivity contribution is 5.79. The van der Waals surface area contributed by atoms with Crippen LogP contribution in [-0.4, -0.2) is 40.4 Å². The van der Waals surface area contributed by atoms with Gasteiger partial charge in [0, 0.05) is 27.2 Å². The van der Waals surface area contributed by atoms with Crippen molar-refractivity contribution in [2.75, 3.05) is 34.4 Å². The molecule has 0 unspecified atom stereocenters. The zero-order valence-corrected chi connectivity index (χ0v) is 11.2. The van der Waals surface area contributed by atoms with Crippen LogP contribution in [0.3, 0.4) is 0 Å². The van der Waals surface area contributed by atoms with Crippen molar-refractivity contribution in [2.24, 2.45) is 4.99 Å². The molecule has 100 valence electrons. The van der Waals surface area contributed by atoms with E-state index in [-0.39, 0.29) is 0 Å². The van der Waals surface area contributed by atoms with E-state index in [9.17, 15) is 0 Å². The maximum absolute atomic E-state index is 5.11. The van der Waals surface area contributed by atoms with Gasteiger partial charge in [-0.1, -0.05) is 12.1 Å². The third-order valence-corrected chi connectivity index (χ3v) is 2.44. The van der Waals surface area contributed by atoms with Gasteiger partial charge >= 0.3 is 0 Å². The van der Waals surface area contributed by atoms with Gasteiger partial charge in [-0.2, -0.15) is 0 Å². The number of ether oxygens (including phenoxy) is 2. The summed E-state index contributed by atoms with van der Waals surface area (Å²) in [5.41, 5.74) is 1.17. The number of benzene rings is 1. The van der Waals surface area contributed by atoms with Gasteiger partial charge in [0.25, 0.3) is 0 Å². The van der Waals surface area contributed by atoms with Crippen LogP contribution < -0.4 is 15.4 Å². The smallest absolute Gasteiger partial charge is 0.191 e. The standard InChI is InChI=1S/C13H21N3O2/c1-14-13(15-8-9-17-2)16-10-11-4-6-12(18-3)7-5-11/h4-7H,8-10H2,1-3H3,(H2,14,15,16). The topological polar surface area (TPSA) is 54.9 Å². The summed E-state index contributed by atoms with van der Waals surface area (Å²) in [5, 5.41) is 6.38. The number of aliphatic imine (C=N–C) groups is 1. The molecular formula is C13H21N3O2. The molecule has 0 aliphatic heterocycles. The van der Waals surface area contributed by atoms with E-state index in [4.69, 9.17) is 9.47 Å². The average Bonchev–Trinajstić information content (AvgIpc) is 2.43. The average molecular weight is 251 g/mol. The summed E-state index contributed by atoms with van der Waals surface area (Å²) >= 11 is 0. The first-order valence-corrected chi connectivity index (χ1v) is 5.86. The third-order valence-electron chi connectivity index (χ3n) is 2.44. The first-order chi connectivity index (χ1) is 8.80. The van der Waals surface area contributed by atoms with Gasteiger partial charge in [0.1, 0.15) is 5.75 Å². The second kappa shape index (κ2) is 8.36. The molecule has 0 aliphatic rings. The molecule has 18 heavy (non-hydrogen) atoms. The summed E-state index contributed by atoms with van der Waals surface area (Å²) in [7, 11) is 5.08. The van der Waals surface area contributed by atoms with Gasteiger partial charge in [-0.15, -0.1) is 0 Å². The van der Waals surface area contributed by atoms with E-state index in [1.165, 1.54) is 5.56 Å².